The van der Waals surface area contributed by atoms with Crippen LogP contribution in [0.2, 0.25) is 0 Å². The molecule has 2 aromatic rings. The number of carbonyl (C=O) groups is 2. The molecule has 1 saturated heterocycles. The van der Waals surface area contributed by atoms with Gasteiger partial charge in [0.25, 0.3) is 5.91 Å². The van der Waals surface area contributed by atoms with Gasteiger partial charge in [0.05, 0.1) is 12.3 Å². The zero-order valence-electron chi connectivity index (χ0n) is 17.5. The monoisotopic (exact) mass is 409 g/mol. The summed E-state index contributed by atoms with van der Waals surface area (Å²) in [4.78, 5) is 29.8. The smallest absolute Gasteiger partial charge is 0.289 e. The molecule has 1 aliphatic carbocycles. The topological polar surface area (TPSA) is 65.8 Å². The van der Waals surface area contributed by atoms with E-state index in [9.17, 15) is 9.59 Å². The van der Waals surface area contributed by atoms with E-state index in [1.165, 1.54) is 24.7 Å². The van der Waals surface area contributed by atoms with Crippen LogP contribution >= 0.6 is 0 Å². The molecule has 0 radical (unpaired) electrons. The average molecular weight is 410 g/mol. The van der Waals surface area contributed by atoms with E-state index in [0.717, 1.165) is 32.4 Å². The molecule has 2 aliphatic rings. The number of hydrogen-bond donors (Lipinski definition) is 1. The summed E-state index contributed by atoms with van der Waals surface area (Å²) >= 11 is 0. The van der Waals surface area contributed by atoms with Gasteiger partial charge in [-0.25, -0.2) is 0 Å². The summed E-state index contributed by atoms with van der Waals surface area (Å²) in [6.07, 6.45) is 7.00. The minimum Gasteiger partial charge on any atom is -0.459 e. The Morgan fingerprint density at radius 1 is 1.00 bits per heavy atom. The number of piperazine rings is 1. The van der Waals surface area contributed by atoms with Crippen molar-refractivity contribution in [2.24, 2.45) is 5.92 Å². The molecule has 1 N–H and O–H groups in total. The maximum absolute atomic E-state index is 13.2. The van der Waals surface area contributed by atoms with Crippen molar-refractivity contribution in [1.82, 2.24) is 15.1 Å². The Hall–Kier alpha value is -2.60. The molecule has 6 nitrogen and oxygen atoms in total. The van der Waals surface area contributed by atoms with Crippen molar-refractivity contribution in [2.75, 3.05) is 32.7 Å². The molecule has 160 valence electrons. The standard InChI is InChI=1S/C24H31N3O3/c28-23(25-13-12-19-7-2-1-3-8-19)22(20-9-4-5-10-20)26-14-16-27(17-15-26)24(29)21-11-6-18-30-21/h1-3,6-8,11,18,20,22H,4-5,9-10,12-17H2,(H,25,28)/t22-/m0/s1. The number of nitrogens with zero attached hydrogens (tertiary/aromatic N) is 2. The summed E-state index contributed by atoms with van der Waals surface area (Å²) in [7, 11) is 0. The molecule has 2 fully saturated rings. The summed E-state index contributed by atoms with van der Waals surface area (Å²) in [6.45, 7) is 3.35. The number of amides is 2. The molecule has 1 aromatic heterocycles. The second kappa shape index (κ2) is 9.94. The third-order valence-corrected chi connectivity index (χ3v) is 6.40. The van der Waals surface area contributed by atoms with Gasteiger partial charge >= 0.3 is 0 Å². The van der Waals surface area contributed by atoms with Crippen LogP contribution in [-0.4, -0.2) is 60.4 Å². The number of benzene rings is 1. The Morgan fingerprint density at radius 3 is 2.40 bits per heavy atom. The van der Waals surface area contributed by atoms with Crippen LogP contribution in [-0.2, 0) is 11.2 Å². The first-order valence-electron chi connectivity index (χ1n) is 11.1. The third kappa shape index (κ3) is 4.93. The van der Waals surface area contributed by atoms with E-state index in [4.69, 9.17) is 4.42 Å². The number of furan rings is 1. The van der Waals surface area contributed by atoms with Gasteiger partial charge in [-0.05, 0) is 42.9 Å². The van der Waals surface area contributed by atoms with Crippen LogP contribution in [0.3, 0.4) is 0 Å². The largest absolute Gasteiger partial charge is 0.459 e. The zero-order valence-corrected chi connectivity index (χ0v) is 17.5. The third-order valence-electron chi connectivity index (χ3n) is 6.40. The molecular weight excluding hydrogens is 378 g/mol. The second-order valence-corrected chi connectivity index (χ2v) is 8.32. The lowest BCUT2D eigenvalue weighted by Gasteiger charge is -2.40. The van der Waals surface area contributed by atoms with Crippen LogP contribution in [0.25, 0.3) is 0 Å². The molecule has 6 heteroatoms. The predicted molar refractivity (Wildman–Crippen MR) is 115 cm³/mol. The molecule has 30 heavy (non-hydrogen) atoms. The molecule has 0 spiro atoms. The van der Waals surface area contributed by atoms with Crippen LogP contribution in [0.5, 0.6) is 0 Å². The van der Waals surface area contributed by atoms with E-state index in [1.807, 2.05) is 23.1 Å². The van der Waals surface area contributed by atoms with E-state index < -0.39 is 0 Å². The highest BCUT2D eigenvalue weighted by atomic mass is 16.3. The summed E-state index contributed by atoms with van der Waals surface area (Å²) in [5.74, 6) is 0.872. The lowest BCUT2D eigenvalue weighted by atomic mass is 9.95. The second-order valence-electron chi connectivity index (χ2n) is 8.32. The maximum atomic E-state index is 13.2. The first-order valence-corrected chi connectivity index (χ1v) is 11.1. The lowest BCUT2D eigenvalue weighted by Crippen LogP contribution is -2.58. The van der Waals surface area contributed by atoms with Crippen LogP contribution in [0.1, 0.15) is 41.8 Å². The molecule has 2 heterocycles. The van der Waals surface area contributed by atoms with Crippen molar-refractivity contribution in [3.05, 3.63) is 60.1 Å². The van der Waals surface area contributed by atoms with Crippen molar-refractivity contribution in [3.63, 3.8) is 0 Å². The minimum atomic E-state index is -0.0934. The fourth-order valence-electron chi connectivity index (χ4n) is 4.79. The van der Waals surface area contributed by atoms with Crippen molar-refractivity contribution in [3.8, 4) is 0 Å². The lowest BCUT2D eigenvalue weighted by molar-refractivity contribution is -0.129. The molecule has 0 bridgehead atoms. The highest BCUT2D eigenvalue weighted by Crippen LogP contribution is 2.31. The van der Waals surface area contributed by atoms with Crippen molar-refractivity contribution in [1.29, 1.82) is 0 Å². The van der Waals surface area contributed by atoms with E-state index in [-0.39, 0.29) is 17.9 Å². The highest BCUT2D eigenvalue weighted by molar-refractivity contribution is 5.91. The fraction of sp³-hybridized carbons (Fsp3) is 0.500. The van der Waals surface area contributed by atoms with Crippen LogP contribution in [0, 0.1) is 5.92 Å². The Kier molecular flexibility index (Phi) is 6.84. The van der Waals surface area contributed by atoms with E-state index in [0.29, 0.717) is 31.3 Å². The van der Waals surface area contributed by atoms with Gasteiger partial charge in [0.15, 0.2) is 5.76 Å². The van der Waals surface area contributed by atoms with Gasteiger partial charge in [0.1, 0.15) is 0 Å². The maximum Gasteiger partial charge on any atom is 0.289 e. The zero-order chi connectivity index (χ0) is 20.8. The van der Waals surface area contributed by atoms with E-state index in [1.54, 1.807) is 12.1 Å². The molecular formula is C24H31N3O3. The van der Waals surface area contributed by atoms with Gasteiger partial charge in [-0.3, -0.25) is 14.5 Å². The average Bonchev–Trinajstić information content (AvgIpc) is 3.49. The number of hydrogen-bond acceptors (Lipinski definition) is 4. The summed E-state index contributed by atoms with van der Waals surface area (Å²) in [6, 6.07) is 13.6. The summed E-state index contributed by atoms with van der Waals surface area (Å²) in [5.41, 5.74) is 1.24. The quantitative estimate of drug-likeness (QED) is 0.764. The Balaban J connectivity index is 1.34. The summed E-state index contributed by atoms with van der Waals surface area (Å²) in [5, 5.41) is 3.19. The van der Waals surface area contributed by atoms with E-state index in [2.05, 4.69) is 22.3 Å². The number of carbonyl (C=O) groups excluding carboxylic acids is 2. The minimum absolute atomic E-state index is 0.0654. The van der Waals surface area contributed by atoms with Crippen molar-refractivity contribution >= 4 is 11.8 Å². The van der Waals surface area contributed by atoms with Crippen molar-refractivity contribution in [2.45, 2.75) is 38.1 Å². The first-order chi connectivity index (χ1) is 14.7. The van der Waals surface area contributed by atoms with Gasteiger partial charge in [-0.2, -0.15) is 0 Å². The highest BCUT2D eigenvalue weighted by Gasteiger charge is 2.37. The Bertz CT molecular complexity index is 807. The normalized spacial score (nSPS) is 19.0. The molecule has 2 amide bonds. The Labute approximate surface area is 178 Å². The van der Waals surface area contributed by atoms with E-state index >= 15 is 0 Å². The predicted octanol–water partition coefficient (Wildman–Crippen LogP) is 2.96. The molecule has 1 atom stereocenters. The van der Waals surface area contributed by atoms with Gasteiger partial charge in [-0.1, -0.05) is 43.2 Å². The number of rotatable bonds is 7. The SMILES string of the molecule is O=C(NCCc1ccccc1)[C@H](C1CCCC1)N1CCN(C(=O)c2ccco2)CC1. The first kappa shape index (κ1) is 20.7. The number of nitrogens with one attached hydrogen (secondary N) is 1. The van der Waals surface area contributed by atoms with Gasteiger partial charge < -0.3 is 14.6 Å². The molecule has 4 rings (SSSR count). The van der Waals surface area contributed by atoms with Crippen LogP contribution < -0.4 is 5.32 Å². The Morgan fingerprint density at radius 2 is 1.73 bits per heavy atom. The summed E-state index contributed by atoms with van der Waals surface area (Å²) < 4.78 is 5.25. The van der Waals surface area contributed by atoms with Gasteiger partial charge in [0, 0.05) is 32.7 Å². The van der Waals surface area contributed by atoms with Gasteiger partial charge in [-0.15, -0.1) is 0 Å². The fourth-order valence-corrected chi connectivity index (χ4v) is 4.79. The molecule has 1 aliphatic heterocycles. The van der Waals surface area contributed by atoms with Crippen molar-refractivity contribution < 1.29 is 14.0 Å². The van der Waals surface area contributed by atoms with Crippen LogP contribution in [0.4, 0.5) is 0 Å². The molecule has 1 aromatic carbocycles. The molecule has 0 unspecified atom stereocenters. The van der Waals surface area contributed by atoms with Crippen LogP contribution in [0.15, 0.2) is 53.1 Å². The van der Waals surface area contributed by atoms with Gasteiger partial charge in [0.2, 0.25) is 5.91 Å². The molecule has 1 saturated carbocycles.